The van der Waals surface area contributed by atoms with Gasteiger partial charge in [0.2, 0.25) is 0 Å². The van der Waals surface area contributed by atoms with E-state index in [2.05, 4.69) is 26.6 Å². The number of amides is 3. The molecule has 0 heterocycles. The molecule has 3 N–H and O–H groups in total. The predicted molar refractivity (Wildman–Crippen MR) is 96.5 cm³/mol. The van der Waals surface area contributed by atoms with E-state index in [0.717, 1.165) is 20.5 Å². The fourth-order valence-electron chi connectivity index (χ4n) is 2.60. The minimum Gasteiger partial charge on any atom is -0.341 e. The standard InChI is InChI=1S/C18H20BrN3O2/c1-20-18(24)21-17(23)16(13-8-4-3-5-9-13)22(2)12-14-10-6-7-11-15(14)19/h3-11,16H,12H2,1-2H3,(H2,20,21,23,24)/p+1/t16-/m0/s1. The number of carbonyl (C=O) groups is 2. The van der Waals surface area contributed by atoms with Crippen molar-refractivity contribution < 1.29 is 14.5 Å². The molecule has 2 rings (SSSR count). The second-order valence-electron chi connectivity index (χ2n) is 5.53. The van der Waals surface area contributed by atoms with Gasteiger partial charge < -0.3 is 10.2 Å². The van der Waals surface area contributed by atoms with Crippen LogP contribution in [0.1, 0.15) is 17.2 Å². The van der Waals surface area contributed by atoms with Gasteiger partial charge in [-0.05, 0) is 6.07 Å². The van der Waals surface area contributed by atoms with Crippen molar-refractivity contribution in [3.05, 3.63) is 70.2 Å². The number of nitrogens with one attached hydrogen (secondary N) is 3. The van der Waals surface area contributed by atoms with Gasteiger partial charge in [-0.1, -0.05) is 64.5 Å². The molecule has 0 saturated carbocycles. The van der Waals surface area contributed by atoms with Gasteiger partial charge in [0.15, 0.2) is 6.04 Å². The van der Waals surface area contributed by atoms with Crippen LogP contribution in [0.25, 0.3) is 0 Å². The Kier molecular flexibility index (Phi) is 6.52. The van der Waals surface area contributed by atoms with Crippen molar-refractivity contribution in [2.45, 2.75) is 12.6 Å². The molecule has 3 amide bonds. The van der Waals surface area contributed by atoms with E-state index < -0.39 is 12.1 Å². The second-order valence-corrected chi connectivity index (χ2v) is 6.38. The third-order valence-electron chi connectivity index (χ3n) is 3.78. The summed E-state index contributed by atoms with van der Waals surface area (Å²) in [4.78, 5) is 25.1. The molecule has 0 aliphatic carbocycles. The number of benzene rings is 2. The van der Waals surface area contributed by atoms with Gasteiger partial charge in [0.05, 0.1) is 7.05 Å². The van der Waals surface area contributed by atoms with Crippen LogP contribution in [0.2, 0.25) is 0 Å². The van der Waals surface area contributed by atoms with E-state index in [1.807, 2.05) is 61.6 Å². The molecule has 0 fully saturated rings. The lowest BCUT2D eigenvalue weighted by atomic mass is 10.0. The third-order valence-corrected chi connectivity index (χ3v) is 4.55. The van der Waals surface area contributed by atoms with E-state index in [-0.39, 0.29) is 5.91 Å². The normalized spacial score (nSPS) is 13.0. The number of urea groups is 1. The molecule has 0 aromatic heterocycles. The van der Waals surface area contributed by atoms with E-state index in [9.17, 15) is 9.59 Å². The van der Waals surface area contributed by atoms with Crippen molar-refractivity contribution >= 4 is 27.9 Å². The Morgan fingerprint density at radius 3 is 2.33 bits per heavy atom. The zero-order chi connectivity index (χ0) is 17.5. The maximum atomic E-state index is 12.6. The summed E-state index contributed by atoms with van der Waals surface area (Å²) in [5, 5.41) is 4.80. The summed E-state index contributed by atoms with van der Waals surface area (Å²) in [5.41, 5.74) is 1.96. The van der Waals surface area contributed by atoms with E-state index in [0.29, 0.717) is 6.54 Å². The van der Waals surface area contributed by atoms with Crippen molar-refractivity contribution in [2.24, 2.45) is 0 Å². The molecule has 0 bridgehead atoms. The average Bonchev–Trinajstić information content (AvgIpc) is 2.58. The molecular formula is C18H21BrN3O2+. The van der Waals surface area contributed by atoms with Crippen molar-refractivity contribution in [2.75, 3.05) is 14.1 Å². The van der Waals surface area contributed by atoms with Crippen LogP contribution in [-0.2, 0) is 11.3 Å². The highest BCUT2D eigenvalue weighted by Crippen LogP contribution is 2.16. The van der Waals surface area contributed by atoms with Crippen molar-refractivity contribution in [3.63, 3.8) is 0 Å². The number of likely N-dealkylation sites (N-methyl/N-ethyl adjacent to an activating group) is 1. The van der Waals surface area contributed by atoms with Crippen LogP contribution in [0.15, 0.2) is 59.1 Å². The van der Waals surface area contributed by atoms with Gasteiger partial charge in [-0.3, -0.25) is 10.1 Å². The van der Waals surface area contributed by atoms with Gasteiger partial charge in [0.25, 0.3) is 5.91 Å². The van der Waals surface area contributed by atoms with Crippen LogP contribution < -0.4 is 15.5 Å². The Labute approximate surface area is 150 Å². The highest BCUT2D eigenvalue weighted by Gasteiger charge is 2.30. The lowest BCUT2D eigenvalue weighted by Gasteiger charge is -2.24. The molecule has 0 saturated heterocycles. The fraction of sp³-hybridized carbons (Fsp3) is 0.222. The number of quaternary nitrogens is 1. The Bertz CT molecular complexity index is 706. The predicted octanol–water partition coefficient (Wildman–Crippen LogP) is 1.66. The Morgan fingerprint density at radius 1 is 1.08 bits per heavy atom. The number of hydrogen-bond donors (Lipinski definition) is 3. The topological polar surface area (TPSA) is 62.6 Å². The van der Waals surface area contributed by atoms with Gasteiger partial charge in [-0.25, -0.2) is 4.79 Å². The molecule has 1 unspecified atom stereocenters. The lowest BCUT2D eigenvalue weighted by molar-refractivity contribution is -0.916. The van der Waals surface area contributed by atoms with Crippen LogP contribution >= 0.6 is 15.9 Å². The van der Waals surface area contributed by atoms with Crippen LogP contribution in [0.5, 0.6) is 0 Å². The lowest BCUT2D eigenvalue weighted by Crippen LogP contribution is -3.09. The fourth-order valence-corrected chi connectivity index (χ4v) is 3.02. The zero-order valence-electron chi connectivity index (χ0n) is 13.7. The van der Waals surface area contributed by atoms with E-state index in [4.69, 9.17) is 0 Å². The van der Waals surface area contributed by atoms with Crippen LogP contribution in [0, 0.1) is 0 Å². The number of halogens is 1. The van der Waals surface area contributed by atoms with Crippen molar-refractivity contribution in [1.29, 1.82) is 0 Å². The van der Waals surface area contributed by atoms with Crippen molar-refractivity contribution in [1.82, 2.24) is 10.6 Å². The number of hydrogen-bond acceptors (Lipinski definition) is 2. The highest BCUT2D eigenvalue weighted by molar-refractivity contribution is 9.10. The molecule has 2 atom stereocenters. The van der Waals surface area contributed by atoms with Crippen LogP contribution in [0.3, 0.4) is 0 Å². The first-order chi connectivity index (χ1) is 11.5. The molecule has 5 nitrogen and oxygen atoms in total. The monoisotopic (exact) mass is 390 g/mol. The van der Waals surface area contributed by atoms with Gasteiger partial charge >= 0.3 is 6.03 Å². The highest BCUT2D eigenvalue weighted by atomic mass is 79.9. The minimum absolute atomic E-state index is 0.329. The first-order valence-electron chi connectivity index (χ1n) is 7.66. The molecule has 126 valence electrons. The molecule has 0 aliphatic heterocycles. The molecule has 0 radical (unpaired) electrons. The molecule has 0 spiro atoms. The molecule has 0 aliphatic rings. The minimum atomic E-state index is -0.505. The van der Waals surface area contributed by atoms with Crippen molar-refractivity contribution in [3.8, 4) is 0 Å². The first-order valence-corrected chi connectivity index (χ1v) is 8.45. The quantitative estimate of drug-likeness (QED) is 0.726. The van der Waals surface area contributed by atoms with Gasteiger partial charge in [-0.15, -0.1) is 0 Å². The Hall–Kier alpha value is -2.18. The maximum absolute atomic E-state index is 12.6. The van der Waals surface area contributed by atoms with Gasteiger partial charge in [0, 0.05) is 22.6 Å². The summed E-state index contributed by atoms with van der Waals surface area (Å²) in [5.74, 6) is -0.329. The number of imide groups is 1. The smallest absolute Gasteiger partial charge is 0.321 e. The molecule has 2 aromatic carbocycles. The number of rotatable bonds is 5. The molecule has 24 heavy (non-hydrogen) atoms. The molecule has 2 aromatic rings. The van der Waals surface area contributed by atoms with E-state index in [1.54, 1.807) is 0 Å². The third kappa shape index (κ3) is 4.66. The molecular weight excluding hydrogens is 370 g/mol. The summed E-state index contributed by atoms with van der Waals surface area (Å²) in [7, 11) is 3.43. The average molecular weight is 391 g/mol. The first kappa shape index (κ1) is 18.2. The second kappa shape index (κ2) is 8.61. The Morgan fingerprint density at radius 2 is 1.71 bits per heavy atom. The van der Waals surface area contributed by atoms with Crippen LogP contribution in [-0.4, -0.2) is 26.0 Å². The maximum Gasteiger partial charge on any atom is 0.321 e. The SMILES string of the molecule is CNC(=O)NC(=O)[C@H](c1ccccc1)[NH+](C)Cc1ccccc1Br. The summed E-state index contributed by atoms with van der Waals surface area (Å²) in [6.45, 7) is 0.641. The summed E-state index contributed by atoms with van der Waals surface area (Å²) < 4.78 is 1.00. The van der Waals surface area contributed by atoms with Gasteiger partial charge in [0.1, 0.15) is 6.54 Å². The van der Waals surface area contributed by atoms with Gasteiger partial charge in [-0.2, -0.15) is 0 Å². The number of carbonyl (C=O) groups excluding carboxylic acids is 2. The van der Waals surface area contributed by atoms with E-state index in [1.165, 1.54) is 7.05 Å². The van der Waals surface area contributed by atoms with E-state index >= 15 is 0 Å². The van der Waals surface area contributed by atoms with Crippen LogP contribution in [0.4, 0.5) is 4.79 Å². The summed E-state index contributed by atoms with van der Waals surface area (Å²) in [6.07, 6.45) is 0. The molecule has 6 heteroatoms. The largest absolute Gasteiger partial charge is 0.341 e. The Balaban J connectivity index is 2.26. The zero-order valence-corrected chi connectivity index (χ0v) is 15.3. The summed E-state index contributed by atoms with van der Waals surface area (Å²) >= 11 is 3.54. The summed E-state index contributed by atoms with van der Waals surface area (Å²) in [6, 6.07) is 16.4.